The summed E-state index contributed by atoms with van der Waals surface area (Å²) in [4.78, 5) is 0. The van der Waals surface area contributed by atoms with Gasteiger partial charge in [0.2, 0.25) is 0 Å². The lowest BCUT2D eigenvalue weighted by Crippen LogP contribution is -2.01. The van der Waals surface area contributed by atoms with Gasteiger partial charge in [0, 0.05) is 18.3 Å². The first-order chi connectivity index (χ1) is 9.49. The third kappa shape index (κ3) is 3.70. The van der Waals surface area contributed by atoms with Crippen molar-refractivity contribution in [2.75, 3.05) is 12.4 Å². The van der Waals surface area contributed by atoms with E-state index in [1.165, 1.54) is 12.1 Å². The molecule has 2 nitrogen and oxygen atoms in total. The molecule has 1 N–H and O–H groups in total. The van der Waals surface area contributed by atoms with Gasteiger partial charge in [0.05, 0.1) is 16.1 Å². The van der Waals surface area contributed by atoms with Gasteiger partial charge in [-0.15, -0.1) is 0 Å². The Morgan fingerprint density at radius 2 is 1.55 bits per heavy atom. The molecule has 0 aromatic heterocycles. The van der Waals surface area contributed by atoms with Gasteiger partial charge in [0.1, 0.15) is 17.4 Å². The highest BCUT2D eigenvalue weighted by atomic mass is 79.9. The van der Waals surface area contributed by atoms with E-state index in [0.29, 0.717) is 18.0 Å². The second kappa shape index (κ2) is 6.54. The van der Waals surface area contributed by atoms with Crippen molar-refractivity contribution in [3.8, 4) is 5.75 Å². The van der Waals surface area contributed by atoms with Crippen LogP contribution in [-0.2, 0) is 6.54 Å². The van der Waals surface area contributed by atoms with Crippen molar-refractivity contribution in [1.82, 2.24) is 0 Å². The molecule has 20 heavy (non-hydrogen) atoms. The largest absolute Gasteiger partial charge is 0.494 e. The molecule has 0 heterocycles. The van der Waals surface area contributed by atoms with Gasteiger partial charge in [-0.25, -0.2) is 8.78 Å². The summed E-state index contributed by atoms with van der Waals surface area (Å²) in [6.45, 7) is 0.435. The molecule has 0 aliphatic heterocycles. The molecule has 2 aromatic rings. The maximum atomic E-state index is 13.1. The van der Waals surface area contributed by atoms with Gasteiger partial charge >= 0.3 is 0 Å². The summed E-state index contributed by atoms with van der Waals surface area (Å²) >= 11 is 6.81. The number of nitrogens with one attached hydrogen (secondary N) is 1. The number of rotatable bonds is 4. The van der Waals surface area contributed by atoms with Crippen molar-refractivity contribution in [2.24, 2.45) is 0 Å². The van der Waals surface area contributed by atoms with Gasteiger partial charge < -0.3 is 10.1 Å². The fourth-order valence-corrected chi connectivity index (χ4v) is 3.37. The Kier molecular flexibility index (Phi) is 4.99. The van der Waals surface area contributed by atoms with E-state index >= 15 is 0 Å². The summed E-state index contributed by atoms with van der Waals surface area (Å²) in [6, 6.07) is 7.09. The van der Waals surface area contributed by atoms with E-state index < -0.39 is 11.6 Å². The average molecular weight is 407 g/mol. The molecule has 0 atom stereocenters. The molecule has 0 saturated carbocycles. The van der Waals surface area contributed by atoms with Gasteiger partial charge in [-0.05, 0) is 61.7 Å². The fraction of sp³-hybridized carbons (Fsp3) is 0.143. The van der Waals surface area contributed by atoms with Crippen LogP contribution in [0.4, 0.5) is 14.5 Å². The molecule has 0 saturated heterocycles. The summed E-state index contributed by atoms with van der Waals surface area (Å²) in [5.74, 6) is -0.514. The van der Waals surface area contributed by atoms with Crippen molar-refractivity contribution in [1.29, 1.82) is 0 Å². The minimum atomic E-state index is -0.607. The van der Waals surface area contributed by atoms with E-state index in [9.17, 15) is 8.78 Å². The second-order valence-electron chi connectivity index (χ2n) is 4.10. The van der Waals surface area contributed by atoms with Crippen LogP contribution in [0.1, 0.15) is 5.56 Å². The maximum absolute atomic E-state index is 13.1. The molecule has 0 fully saturated rings. The number of methoxy groups -OCH3 is 1. The minimum absolute atomic E-state index is 0.394. The van der Waals surface area contributed by atoms with Crippen LogP contribution >= 0.6 is 31.9 Å². The Morgan fingerprint density at radius 1 is 1.00 bits per heavy atom. The molecule has 0 bridgehead atoms. The zero-order valence-electron chi connectivity index (χ0n) is 10.5. The van der Waals surface area contributed by atoms with E-state index in [0.717, 1.165) is 20.6 Å². The first kappa shape index (κ1) is 15.3. The lowest BCUT2D eigenvalue weighted by Gasteiger charge is -2.11. The van der Waals surface area contributed by atoms with Gasteiger partial charge in [-0.2, -0.15) is 0 Å². The summed E-state index contributed by atoms with van der Waals surface area (Å²) in [7, 11) is 1.58. The Hall–Kier alpha value is -1.14. The maximum Gasteiger partial charge on any atom is 0.147 e. The number of anilines is 1. The lowest BCUT2D eigenvalue weighted by atomic mass is 10.2. The smallest absolute Gasteiger partial charge is 0.147 e. The first-order valence-electron chi connectivity index (χ1n) is 5.71. The molecule has 0 amide bonds. The van der Waals surface area contributed by atoms with E-state index in [2.05, 4.69) is 37.2 Å². The second-order valence-corrected chi connectivity index (χ2v) is 5.81. The van der Waals surface area contributed by atoms with E-state index in [4.69, 9.17) is 4.74 Å². The number of hydrogen-bond donors (Lipinski definition) is 1. The van der Waals surface area contributed by atoms with Crippen LogP contribution in [0.2, 0.25) is 0 Å². The first-order valence-corrected chi connectivity index (χ1v) is 7.30. The molecule has 0 aliphatic rings. The predicted molar refractivity (Wildman–Crippen MR) is 82.1 cm³/mol. The molecule has 6 heteroatoms. The van der Waals surface area contributed by atoms with Crippen LogP contribution in [0.3, 0.4) is 0 Å². The van der Waals surface area contributed by atoms with Crippen molar-refractivity contribution >= 4 is 37.5 Å². The van der Waals surface area contributed by atoms with Crippen molar-refractivity contribution in [3.63, 3.8) is 0 Å². The normalized spacial score (nSPS) is 10.4. The van der Waals surface area contributed by atoms with Crippen LogP contribution in [0.5, 0.6) is 5.75 Å². The van der Waals surface area contributed by atoms with Gasteiger partial charge in [0.25, 0.3) is 0 Å². The van der Waals surface area contributed by atoms with Crippen LogP contribution in [-0.4, -0.2) is 7.11 Å². The molecular formula is C14H11Br2F2NO. The van der Waals surface area contributed by atoms with Crippen LogP contribution in [0.15, 0.2) is 39.3 Å². The molecule has 2 rings (SSSR count). The molecule has 0 radical (unpaired) electrons. The Labute approximate surface area is 132 Å². The van der Waals surface area contributed by atoms with Gasteiger partial charge in [-0.1, -0.05) is 0 Å². The van der Waals surface area contributed by atoms with E-state index in [-0.39, 0.29) is 0 Å². The SMILES string of the molecule is COc1c(Br)cc(CNc2cc(F)cc(F)c2)cc1Br. The molecular weight excluding hydrogens is 396 g/mol. The fourth-order valence-electron chi connectivity index (χ4n) is 1.77. The van der Waals surface area contributed by atoms with Crippen molar-refractivity contribution in [2.45, 2.75) is 6.54 Å². The van der Waals surface area contributed by atoms with Crippen LogP contribution in [0.25, 0.3) is 0 Å². The Bertz CT molecular complexity index is 591. The number of hydrogen-bond acceptors (Lipinski definition) is 2. The highest BCUT2D eigenvalue weighted by molar-refractivity contribution is 9.11. The monoisotopic (exact) mass is 405 g/mol. The third-order valence-electron chi connectivity index (χ3n) is 2.62. The van der Waals surface area contributed by atoms with Crippen molar-refractivity contribution in [3.05, 3.63) is 56.5 Å². The predicted octanol–water partition coefficient (Wildman–Crippen LogP) is 5.11. The summed E-state index contributed by atoms with van der Waals surface area (Å²) < 4.78 is 33.0. The highest BCUT2D eigenvalue weighted by Crippen LogP contribution is 2.34. The lowest BCUT2D eigenvalue weighted by molar-refractivity contribution is 0.409. The van der Waals surface area contributed by atoms with Gasteiger partial charge in [0.15, 0.2) is 0 Å². The van der Waals surface area contributed by atoms with Gasteiger partial charge in [-0.3, -0.25) is 0 Å². The highest BCUT2D eigenvalue weighted by Gasteiger charge is 2.08. The number of ether oxygens (including phenoxy) is 1. The Morgan fingerprint density at radius 3 is 2.05 bits per heavy atom. The number of halogens is 4. The Balaban J connectivity index is 2.15. The third-order valence-corrected chi connectivity index (χ3v) is 3.80. The summed E-state index contributed by atoms with van der Waals surface area (Å²) in [5.41, 5.74) is 1.33. The average Bonchev–Trinajstić information content (AvgIpc) is 2.35. The topological polar surface area (TPSA) is 21.3 Å². The van der Waals surface area contributed by atoms with Crippen LogP contribution in [0, 0.1) is 11.6 Å². The summed E-state index contributed by atoms with van der Waals surface area (Å²) in [5, 5.41) is 2.97. The molecule has 106 valence electrons. The standard InChI is InChI=1S/C14H11Br2F2NO/c1-20-14-12(15)2-8(3-13(14)16)7-19-11-5-9(17)4-10(18)6-11/h2-6,19H,7H2,1H3. The van der Waals surface area contributed by atoms with E-state index in [1.54, 1.807) is 7.11 Å². The zero-order valence-corrected chi connectivity index (χ0v) is 13.7. The molecule has 0 unspecified atom stereocenters. The summed E-state index contributed by atoms with van der Waals surface area (Å²) in [6.07, 6.45) is 0. The quantitative estimate of drug-likeness (QED) is 0.761. The molecule has 0 aliphatic carbocycles. The van der Waals surface area contributed by atoms with E-state index in [1.807, 2.05) is 12.1 Å². The molecule has 2 aromatic carbocycles. The molecule has 0 spiro atoms. The van der Waals surface area contributed by atoms with Crippen molar-refractivity contribution < 1.29 is 13.5 Å². The zero-order chi connectivity index (χ0) is 14.7. The minimum Gasteiger partial charge on any atom is -0.494 e. The van der Waals surface area contributed by atoms with Crippen LogP contribution < -0.4 is 10.1 Å². The number of benzene rings is 2.